The van der Waals surface area contributed by atoms with E-state index < -0.39 is 0 Å². The van der Waals surface area contributed by atoms with Crippen LogP contribution in [0.15, 0.2) is 23.2 Å². The average Bonchev–Trinajstić information content (AvgIpc) is 3.44. The maximum absolute atomic E-state index is 11.9. The summed E-state index contributed by atoms with van der Waals surface area (Å²) in [5.74, 6) is 0.928. The quantitative estimate of drug-likeness (QED) is 0.404. The second-order valence-corrected chi connectivity index (χ2v) is 7.61. The van der Waals surface area contributed by atoms with Crippen molar-refractivity contribution >= 4 is 41.5 Å². The summed E-state index contributed by atoms with van der Waals surface area (Å²) in [6.45, 7) is 8.30. The molecule has 1 aliphatic heterocycles. The first kappa shape index (κ1) is 21.8. The van der Waals surface area contributed by atoms with Crippen LogP contribution in [0.4, 0.5) is 5.69 Å². The zero-order valence-electron chi connectivity index (χ0n) is 16.9. The maximum Gasteiger partial charge on any atom is 0.243 e. The van der Waals surface area contributed by atoms with Crippen molar-refractivity contribution in [1.82, 2.24) is 15.1 Å². The number of nitrogens with zero attached hydrogens (tertiary/aromatic N) is 4. The highest BCUT2D eigenvalue weighted by Crippen LogP contribution is 2.23. The molecule has 0 aromatic heterocycles. The van der Waals surface area contributed by atoms with E-state index in [0.717, 1.165) is 32.1 Å². The number of aryl methyl sites for hydroxylation is 2. The van der Waals surface area contributed by atoms with Gasteiger partial charge in [0.1, 0.15) is 6.54 Å². The molecule has 1 saturated carbocycles. The number of piperazine rings is 1. The number of benzene rings is 1. The number of hydrogen-bond donors (Lipinski definition) is 1. The molecule has 0 unspecified atom stereocenters. The molecule has 150 valence electrons. The van der Waals surface area contributed by atoms with Crippen LogP contribution in [0, 0.1) is 13.8 Å². The van der Waals surface area contributed by atoms with Crippen molar-refractivity contribution in [3.05, 3.63) is 29.3 Å². The van der Waals surface area contributed by atoms with E-state index in [0.29, 0.717) is 6.04 Å². The molecule has 1 amide bonds. The molecule has 2 fully saturated rings. The first-order valence-corrected chi connectivity index (χ1v) is 9.52. The first-order chi connectivity index (χ1) is 12.4. The van der Waals surface area contributed by atoms with Crippen molar-refractivity contribution in [2.75, 3.05) is 51.7 Å². The fourth-order valence-electron chi connectivity index (χ4n) is 3.15. The molecule has 27 heavy (non-hydrogen) atoms. The molecular formula is C20H32IN5O. The SMILES string of the molecule is Cc1ccc(C)c(N2CCN(C(=NCC(=O)N(C)C)NC3CC3)CC2)c1.I. The van der Waals surface area contributed by atoms with Crippen LogP contribution in [0.2, 0.25) is 0 Å². The number of nitrogens with one attached hydrogen (secondary N) is 1. The molecule has 1 saturated heterocycles. The molecule has 6 nitrogen and oxygen atoms in total. The van der Waals surface area contributed by atoms with Crippen molar-refractivity contribution in [3.63, 3.8) is 0 Å². The number of amides is 1. The third-order valence-corrected chi connectivity index (χ3v) is 5.06. The van der Waals surface area contributed by atoms with E-state index in [1.807, 2.05) is 0 Å². The van der Waals surface area contributed by atoms with Crippen LogP contribution >= 0.6 is 24.0 Å². The summed E-state index contributed by atoms with van der Waals surface area (Å²) in [6, 6.07) is 7.17. The molecule has 0 spiro atoms. The summed E-state index contributed by atoms with van der Waals surface area (Å²) in [7, 11) is 3.55. The Hall–Kier alpha value is -1.51. The lowest BCUT2D eigenvalue weighted by Gasteiger charge is -2.38. The van der Waals surface area contributed by atoms with Crippen molar-refractivity contribution < 1.29 is 4.79 Å². The van der Waals surface area contributed by atoms with E-state index in [2.05, 4.69) is 52.2 Å². The number of guanidine groups is 1. The summed E-state index contributed by atoms with van der Waals surface area (Å²) in [4.78, 5) is 22.8. The molecule has 1 heterocycles. The van der Waals surface area contributed by atoms with Gasteiger partial charge in [-0.2, -0.15) is 0 Å². The Balaban J connectivity index is 0.00000261. The van der Waals surface area contributed by atoms with Gasteiger partial charge in [-0.3, -0.25) is 4.79 Å². The molecule has 1 aliphatic carbocycles. The fourth-order valence-corrected chi connectivity index (χ4v) is 3.15. The minimum absolute atomic E-state index is 0. The first-order valence-electron chi connectivity index (χ1n) is 9.52. The Kier molecular flexibility index (Phi) is 7.76. The number of carbonyl (C=O) groups is 1. The van der Waals surface area contributed by atoms with Gasteiger partial charge in [0.25, 0.3) is 0 Å². The van der Waals surface area contributed by atoms with Gasteiger partial charge in [0.05, 0.1) is 0 Å². The lowest BCUT2D eigenvalue weighted by atomic mass is 10.1. The molecule has 7 heteroatoms. The number of hydrogen-bond acceptors (Lipinski definition) is 3. The molecule has 1 aromatic carbocycles. The normalized spacial score (nSPS) is 17.4. The zero-order chi connectivity index (χ0) is 18.7. The molecule has 0 bridgehead atoms. The van der Waals surface area contributed by atoms with Gasteiger partial charge in [0, 0.05) is 52.0 Å². The van der Waals surface area contributed by atoms with Gasteiger partial charge in [0.15, 0.2) is 5.96 Å². The highest BCUT2D eigenvalue weighted by atomic mass is 127. The Morgan fingerprint density at radius 3 is 2.44 bits per heavy atom. The predicted molar refractivity (Wildman–Crippen MR) is 122 cm³/mol. The Morgan fingerprint density at radius 2 is 1.85 bits per heavy atom. The fraction of sp³-hybridized carbons (Fsp3) is 0.600. The molecule has 0 atom stereocenters. The van der Waals surface area contributed by atoms with Gasteiger partial charge in [0.2, 0.25) is 5.91 Å². The highest BCUT2D eigenvalue weighted by Gasteiger charge is 2.27. The van der Waals surface area contributed by atoms with E-state index in [4.69, 9.17) is 0 Å². The van der Waals surface area contributed by atoms with Crippen molar-refractivity contribution in [3.8, 4) is 0 Å². The monoisotopic (exact) mass is 485 g/mol. The number of anilines is 1. The van der Waals surface area contributed by atoms with Gasteiger partial charge >= 0.3 is 0 Å². The average molecular weight is 485 g/mol. The largest absolute Gasteiger partial charge is 0.368 e. The number of rotatable bonds is 4. The van der Waals surface area contributed by atoms with E-state index in [1.54, 1.807) is 19.0 Å². The van der Waals surface area contributed by atoms with E-state index in [-0.39, 0.29) is 36.4 Å². The Morgan fingerprint density at radius 1 is 1.19 bits per heavy atom. The van der Waals surface area contributed by atoms with Crippen LogP contribution in [0.25, 0.3) is 0 Å². The van der Waals surface area contributed by atoms with E-state index in [1.165, 1.54) is 29.7 Å². The van der Waals surface area contributed by atoms with Gasteiger partial charge in [-0.1, -0.05) is 12.1 Å². The van der Waals surface area contributed by atoms with E-state index >= 15 is 0 Å². The molecular weight excluding hydrogens is 453 g/mol. The summed E-state index contributed by atoms with van der Waals surface area (Å²) in [5.41, 5.74) is 3.96. The molecule has 2 aliphatic rings. The summed E-state index contributed by atoms with van der Waals surface area (Å²) in [5, 5.41) is 3.52. The molecule has 1 aromatic rings. The van der Waals surface area contributed by atoms with Crippen LogP contribution in [0.3, 0.4) is 0 Å². The zero-order valence-corrected chi connectivity index (χ0v) is 19.2. The van der Waals surface area contributed by atoms with Gasteiger partial charge in [-0.05, 0) is 43.9 Å². The Bertz CT molecular complexity index is 679. The van der Waals surface area contributed by atoms with Crippen molar-refractivity contribution in [2.24, 2.45) is 4.99 Å². The predicted octanol–water partition coefficient (Wildman–Crippen LogP) is 2.24. The number of aliphatic imine (C=N–C) groups is 1. The number of likely N-dealkylation sites (N-methyl/N-ethyl adjacent to an activating group) is 1. The lowest BCUT2D eigenvalue weighted by Crippen LogP contribution is -2.53. The van der Waals surface area contributed by atoms with Crippen molar-refractivity contribution in [1.29, 1.82) is 0 Å². The smallest absolute Gasteiger partial charge is 0.243 e. The minimum atomic E-state index is 0. The number of carbonyl (C=O) groups excluding carboxylic acids is 1. The van der Waals surface area contributed by atoms with Crippen LogP contribution in [0.5, 0.6) is 0 Å². The Labute approximate surface area is 180 Å². The van der Waals surface area contributed by atoms with Gasteiger partial charge < -0.3 is 20.0 Å². The molecule has 1 N–H and O–H groups in total. The topological polar surface area (TPSA) is 51.2 Å². The van der Waals surface area contributed by atoms with Crippen LogP contribution in [0.1, 0.15) is 24.0 Å². The maximum atomic E-state index is 11.9. The van der Waals surface area contributed by atoms with Crippen LogP contribution in [-0.2, 0) is 4.79 Å². The summed E-state index contributed by atoms with van der Waals surface area (Å²) >= 11 is 0. The lowest BCUT2D eigenvalue weighted by molar-refractivity contribution is -0.127. The van der Waals surface area contributed by atoms with Gasteiger partial charge in [-0.25, -0.2) is 4.99 Å². The standard InChI is InChI=1S/C20H31N5O.HI/c1-15-5-6-16(2)18(13-15)24-9-11-25(12-10-24)20(22-17-7-8-17)21-14-19(26)23(3)4;/h5-6,13,17H,7-12,14H2,1-4H3,(H,21,22);1H. The molecule has 3 rings (SSSR count). The summed E-state index contributed by atoms with van der Waals surface area (Å²) in [6.07, 6.45) is 2.40. The minimum Gasteiger partial charge on any atom is -0.368 e. The van der Waals surface area contributed by atoms with Gasteiger partial charge in [-0.15, -0.1) is 24.0 Å². The summed E-state index contributed by atoms with van der Waals surface area (Å²) < 4.78 is 0. The van der Waals surface area contributed by atoms with Crippen LogP contribution < -0.4 is 10.2 Å². The third kappa shape index (κ3) is 5.99. The number of halogens is 1. The van der Waals surface area contributed by atoms with E-state index in [9.17, 15) is 4.79 Å². The molecule has 0 radical (unpaired) electrons. The second-order valence-electron chi connectivity index (χ2n) is 7.61. The third-order valence-electron chi connectivity index (χ3n) is 5.06. The second kappa shape index (κ2) is 9.61. The van der Waals surface area contributed by atoms with Crippen molar-refractivity contribution in [2.45, 2.75) is 32.7 Å². The van der Waals surface area contributed by atoms with Crippen LogP contribution in [-0.4, -0.2) is 74.5 Å². The highest BCUT2D eigenvalue weighted by molar-refractivity contribution is 14.0.